The number of carbonyl (C=O) groups is 6. The summed E-state index contributed by atoms with van der Waals surface area (Å²) in [5.74, 6) is -3.05. The zero-order valence-corrected chi connectivity index (χ0v) is 28.1. The van der Waals surface area contributed by atoms with Crippen molar-refractivity contribution in [2.24, 2.45) is 52.1 Å². The lowest BCUT2D eigenvalue weighted by Crippen LogP contribution is -2.61. The molecule has 45 heavy (non-hydrogen) atoms. The summed E-state index contributed by atoms with van der Waals surface area (Å²) >= 11 is 0. The fourth-order valence-electron chi connectivity index (χ4n) is 7.32. The molecule has 4 aliphatic rings. The molecule has 1 unspecified atom stereocenters. The van der Waals surface area contributed by atoms with Crippen molar-refractivity contribution in [3.8, 4) is 0 Å². The zero-order chi connectivity index (χ0) is 33.4. The molecule has 0 aromatic heterocycles. The summed E-state index contributed by atoms with van der Waals surface area (Å²) in [6, 6.07) is -3.25. The van der Waals surface area contributed by atoms with Gasteiger partial charge in [-0.15, -0.1) is 0 Å². The number of fused-ring (bicyclic) bond motifs is 1. The van der Waals surface area contributed by atoms with Crippen LogP contribution >= 0.6 is 0 Å². The Morgan fingerprint density at radius 1 is 0.956 bits per heavy atom. The molecule has 0 radical (unpaired) electrons. The van der Waals surface area contributed by atoms with E-state index in [-0.39, 0.29) is 41.3 Å². The number of hydrogen-bond acceptors (Lipinski definition) is 7. The molecule has 0 bridgehead atoms. The van der Waals surface area contributed by atoms with Crippen LogP contribution in [-0.2, 0) is 28.7 Å². The molecule has 4 rings (SSSR count). The molecule has 0 aromatic rings. The van der Waals surface area contributed by atoms with E-state index in [0.717, 1.165) is 25.7 Å². The molecule has 4 N–H and O–H groups in total. The zero-order valence-electron chi connectivity index (χ0n) is 28.1. The summed E-state index contributed by atoms with van der Waals surface area (Å²) in [5, 5.41) is 5.65. The first-order chi connectivity index (χ1) is 21.0. The van der Waals surface area contributed by atoms with Crippen molar-refractivity contribution >= 4 is 35.4 Å². The number of urea groups is 1. The van der Waals surface area contributed by atoms with Crippen LogP contribution in [0.1, 0.15) is 99.8 Å². The Morgan fingerprint density at radius 3 is 2.07 bits per heavy atom. The van der Waals surface area contributed by atoms with Gasteiger partial charge in [-0.1, -0.05) is 74.1 Å². The first-order valence-corrected chi connectivity index (χ1v) is 16.9. The van der Waals surface area contributed by atoms with Crippen LogP contribution in [0.25, 0.3) is 0 Å². The molecule has 4 amide bonds. The lowest BCUT2D eigenvalue weighted by Gasteiger charge is -2.38. The third kappa shape index (κ3) is 8.06. The van der Waals surface area contributed by atoms with Crippen LogP contribution in [0.15, 0.2) is 0 Å². The van der Waals surface area contributed by atoms with Crippen LogP contribution in [0.3, 0.4) is 0 Å². The van der Waals surface area contributed by atoms with E-state index >= 15 is 0 Å². The minimum absolute atomic E-state index is 0.0749. The second-order valence-corrected chi connectivity index (χ2v) is 15.7. The van der Waals surface area contributed by atoms with Crippen LogP contribution in [-0.4, -0.2) is 71.6 Å². The van der Waals surface area contributed by atoms with Crippen LogP contribution in [0.5, 0.6) is 0 Å². The number of likely N-dealkylation sites (tertiary alicyclic amines) is 1. The van der Waals surface area contributed by atoms with Gasteiger partial charge in [0.2, 0.25) is 11.7 Å². The van der Waals surface area contributed by atoms with E-state index in [1.807, 2.05) is 34.6 Å². The van der Waals surface area contributed by atoms with E-state index in [1.165, 1.54) is 0 Å². The monoisotopic (exact) mass is 630 g/mol. The molecule has 252 valence electrons. The van der Waals surface area contributed by atoms with Gasteiger partial charge < -0.3 is 26.0 Å². The largest absolute Gasteiger partial charge is 0.464 e. The van der Waals surface area contributed by atoms with Crippen LogP contribution in [0.4, 0.5) is 4.79 Å². The molecule has 0 aromatic carbocycles. The second kappa shape index (κ2) is 13.4. The smallest absolute Gasteiger partial charge is 0.328 e. The standard InChI is InChI=1S/C34H54N4O7/c1-8-20(9-2)25(31(43)45-17-19-12-13-19)36-32(44)37-28(33(3,4)5)30(42)38-16-22-24(34(22,6)7)26(38)23(39)15-21(14-18-10-11-18)27(40)29(35)41/h18-22,24-26,28H,8-17H2,1-7H3,(H2,35,41)(H2,36,37,44)/t21?,22-,24-,25-,26+,28+/m0/s1. The molecule has 1 aliphatic heterocycles. The molecule has 3 aliphatic carbocycles. The second-order valence-electron chi connectivity index (χ2n) is 15.7. The molecular weight excluding hydrogens is 576 g/mol. The number of piperidine rings is 1. The Balaban J connectivity index is 1.51. The summed E-state index contributed by atoms with van der Waals surface area (Å²) in [4.78, 5) is 80.7. The number of amides is 4. The number of nitrogens with two attached hydrogens (primary N) is 1. The first-order valence-electron chi connectivity index (χ1n) is 16.9. The summed E-state index contributed by atoms with van der Waals surface area (Å²) < 4.78 is 5.54. The van der Waals surface area contributed by atoms with Gasteiger partial charge in [-0.3, -0.25) is 19.2 Å². The molecule has 0 spiro atoms. The molecular formula is C34H54N4O7. The number of nitrogens with zero attached hydrogens (tertiary/aromatic N) is 1. The van der Waals surface area contributed by atoms with Crippen LogP contribution < -0.4 is 16.4 Å². The van der Waals surface area contributed by atoms with Gasteiger partial charge in [0, 0.05) is 18.9 Å². The highest BCUT2D eigenvalue weighted by Crippen LogP contribution is 2.65. The number of carbonyl (C=O) groups excluding carboxylic acids is 6. The summed E-state index contributed by atoms with van der Waals surface area (Å²) in [5.41, 5.74) is 4.46. The number of nitrogens with one attached hydrogen (secondary N) is 2. The van der Waals surface area contributed by atoms with Gasteiger partial charge >= 0.3 is 12.0 Å². The van der Waals surface area contributed by atoms with E-state index in [2.05, 4.69) is 24.5 Å². The third-order valence-corrected chi connectivity index (χ3v) is 10.8. The van der Waals surface area contributed by atoms with Crippen molar-refractivity contribution in [2.45, 2.75) is 118 Å². The molecule has 3 saturated carbocycles. The van der Waals surface area contributed by atoms with Crippen LogP contribution in [0, 0.1) is 46.3 Å². The number of Topliss-reactive ketones (excluding diaryl/α,β-unsaturated/α-hetero) is 2. The Hall–Kier alpha value is -2.98. The average Bonchev–Trinajstić information content (AvgIpc) is 3.92. The summed E-state index contributed by atoms with van der Waals surface area (Å²) in [7, 11) is 0. The van der Waals surface area contributed by atoms with Crippen molar-refractivity contribution in [2.75, 3.05) is 13.2 Å². The van der Waals surface area contributed by atoms with Crippen molar-refractivity contribution in [1.82, 2.24) is 15.5 Å². The fourth-order valence-corrected chi connectivity index (χ4v) is 7.32. The molecule has 1 saturated heterocycles. The number of ketones is 2. The SMILES string of the molecule is CCC(CC)[C@H](NC(=O)N[C@H](C(=O)N1C[C@H]2[C@@H]([C@H]1C(=O)CC(CC1CC1)C(=O)C(N)=O)C2(C)C)C(C)(C)C)C(=O)OCC1CC1. The molecule has 11 heteroatoms. The maximum atomic E-state index is 14.3. The number of primary amides is 1. The van der Waals surface area contributed by atoms with E-state index < -0.39 is 53.1 Å². The number of esters is 1. The van der Waals surface area contributed by atoms with Crippen molar-refractivity contribution < 1.29 is 33.5 Å². The fraction of sp³-hybridized carbons (Fsp3) is 0.824. The minimum Gasteiger partial charge on any atom is -0.464 e. The number of hydrogen-bond donors (Lipinski definition) is 3. The Bertz CT molecular complexity index is 1180. The highest BCUT2D eigenvalue weighted by Gasteiger charge is 2.69. The lowest BCUT2D eigenvalue weighted by atomic mass is 9.84. The van der Waals surface area contributed by atoms with Gasteiger partial charge in [-0.2, -0.15) is 0 Å². The Labute approximate surface area is 267 Å². The summed E-state index contributed by atoms with van der Waals surface area (Å²) in [6.45, 7) is 14.3. The topological polar surface area (TPSA) is 165 Å². The van der Waals surface area contributed by atoms with E-state index in [0.29, 0.717) is 44.2 Å². The van der Waals surface area contributed by atoms with Crippen molar-refractivity contribution in [3.05, 3.63) is 0 Å². The third-order valence-electron chi connectivity index (χ3n) is 10.8. The van der Waals surface area contributed by atoms with Gasteiger partial charge in [0.1, 0.15) is 12.1 Å². The van der Waals surface area contributed by atoms with E-state index in [4.69, 9.17) is 10.5 Å². The van der Waals surface area contributed by atoms with Crippen molar-refractivity contribution in [3.63, 3.8) is 0 Å². The molecule has 11 nitrogen and oxygen atoms in total. The first kappa shape index (κ1) is 34.9. The molecule has 6 atom stereocenters. The lowest BCUT2D eigenvalue weighted by molar-refractivity contribution is -0.148. The Kier molecular flexibility index (Phi) is 10.4. The maximum Gasteiger partial charge on any atom is 0.328 e. The number of rotatable bonds is 16. The Morgan fingerprint density at radius 2 is 1.56 bits per heavy atom. The van der Waals surface area contributed by atoms with Gasteiger partial charge in [0.05, 0.1) is 12.6 Å². The van der Waals surface area contributed by atoms with Gasteiger partial charge in [-0.25, -0.2) is 9.59 Å². The molecule has 1 heterocycles. The van der Waals surface area contributed by atoms with Crippen LogP contribution in [0.2, 0.25) is 0 Å². The van der Waals surface area contributed by atoms with E-state index in [1.54, 1.807) is 4.90 Å². The van der Waals surface area contributed by atoms with Gasteiger partial charge in [-0.05, 0) is 59.7 Å². The van der Waals surface area contributed by atoms with Gasteiger partial charge in [0.25, 0.3) is 5.91 Å². The predicted molar refractivity (Wildman–Crippen MR) is 167 cm³/mol. The minimum atomic E-state index is -1.04. The maximum absolute atomic E-state index is 14.3. The number of ether oxygens (including phenoxy) is 1. The highest BCUT2D eigenvalue weighted by atomic mass is 16.5. The van der Waals surface area contributed by atoms with Crippen molar-refractivity contribution in [1.29, 1.82) is 0 Å². The highest BCUT2D eigenvalue weighted by molar-refractivity contribution is 6.36. The average molecular weight is 631 g/mol. The van der Waals surface area contributed by atoms with E-state index in [9.17, 15) is 28.8 Å². The quantitative estimate of drug-likeness (QED) is 0.174. The predicted octanol–water partition coefficient (Wildman–Crippen LogP) is 3.37. The normalized spacial score (nSPS) is 25.5. The molecule has 4 fully saturated rings. The summed E-state index contributed by atoms with van der Waals surface area (Å²) in [6.07, 6.45) is 5.62. The van der Waals surface area contributed by atoms with Gasteiger partial charge in [0.15, 0.2) is 5.78 Å².